The first kappa shape index (κ1) is 16.0. The van der Waals surface area contributed by atoms with E-state index in [1.807, 2.05) is 19.9 Å². The molecule has 1 saturated heterocycles. The lowest BCUT2D eigenvalue weighted by molar-refractivity contribution is -0.122. The van der Waals surface area contributed by atoms with Crippen molar-refractivity contribution >= 4 is 5.91 Å². The smallest absolute Gasteiger partial charge is 0.221 e. The van der Waals surface area contributed by atoms with Crippen LogP contribution in [-0.4, -0.2) is 36.0 Å². The zero-order valence-corrected chi connectivity index (χ0v) is 13.1. The molecule has 2 rings (SSSR count). The Bertz CT molecular complexity index is 447. The van der Waals surface area contributed by atoms with E-state index in [1.165, 1.54) is 18.4 Å². The van der Waals surface area contributed by atoms with Gasteiger partial charge in [-0.15, -0.1) is 0 Å². The number of carbonyl (C=O) groups excluding carboxylic acids is 1. The van der Waals surface area contributed by atoms with Crippen molar-refractivity contribution in [3.63, 3.8) is 0 Å². The van der Waals surface area contributed by atoms with E-state index in [1.54, 1.807) is 0 Å². The summed E-state index contributed by atoms with van der Waals surface area (Å²) >= 11 is 0. The molecule has 1 aliphatic heterocycles. The Morgan fingerprint density at radius 2 is 1.90 bits per heavy atom. The first-order valence-electron chi connectivity index (χ1n) is 7.80. The molecule has 116 valence electrons. The summed E-state index contributed by atoms with van der Waals surface area (Å²) in [4.78, 5) is 14.5. The highest BCUT2D eigenvalue weighted by Gasteiger charge is 2.24. The van der Waals surface area contributed by atoms with Crippen molar-refractivity contribution < 1.29 is 4.79 Å². The minimum absolute atomic E-state index is 0.0302. The predicted octanol–water partition coefficient (Wildman–Crippen LogP) is 2.07. The third-order valence-corrected chi connectivity index (χ3v) is 3.87. The van der Waals surface area contributed by atoms with Gasteiger partial charge < -0.3 is 11.1 Å². The van der Waals surface area contributed by atoms with Gasteiger partial charge in [-0.3, -0.25) is 9.69 Å². The van der Waals surface area contributed by atoms with Crippen molar-refractivity contribution in [1.29, 1.82) is 0 Å². The fraction of sp³-hybridized carbons (Fsp3) is 0.588. The minimum atomic E-state index is -0.458. The Labute approximate surface area is 127 Å². The number of nitrogens with one attached hydrogen (secondary N) is 1. The lowest BCUT2D eigenvalue weighted by Crippen LogP contribution is -2.42. The van der Waals surface area contributed by atoms with Gasteiger partial charge in [0, 0.05) is 18.5 Å². The van der Waals surface area contributed by atoms with Gasteiger partial charge in [0.1, 0.15) is 0 Å². The molecule has 1 unspecified atom stereocenters. The standard InChI is InChI=1S/C17H27N3O/c1-17(2,18)12-16(21)19-13-15(20-10-6-7-11-20)14-8-4-3-5-9-14/h3-5,8-9,15H,6-7,10-13,18H2,1-2H3,(H,19,21). The zero-order valence-electron chi connectivity index (χ0n) is 13.1. The summed E-state index contributed by atoms with van der Waals surface area (Å²) in [6, 6.07) is 10.7. The van der Waals surface area contributed by atoms with Gasteiger partial charge in [0.25, 0.3) is 0 Å². The van der Waals surface area contributed by atoms with E-state index in [9.17, 15) is 4.79 Å². The van der Waals surface area contributed by atoms with E-state index in [4.69, 9.17) is 5.73 Å². The Morgan fingerprint density at radius 1 is 1.29 bits per heavy atom. The number of benzene rings is 1. The SMILES string of the molecule is CC(C)(N)CC(=O)NCC(c1ccccc1)N1CCCC1. The summed E-state index contributed by atoms with van der Waals surface area (Å²) in [7, 11) is 0. The van der Waals surface area contributed by atoms with E-state index < -0.39 is 5.54 Å². The number of carbonyl (C=O) groups is 1. The van der Waals surface area contributed by atoms with E-state index in [0.29, 0.717) is 13.0 Å². The van der Waals surface area contributed by atoms with Crippen LogP contribution in [0.2, 0.25) is 0 Å². The van der Waals surface area contributed by atoms with Crippen LogP contribution < -0.4 is 11.1 Å². The molecule has 1 amide bonds. The van der Waals surface area contributed by atoms with E-state index in [0.717, 1.165) is 13.1 Å². The lowest BCUT2D eigenvalue weighted by atomic mass is 10.0. The summed E-state index contributed by atoms with van der Waals surface area (Å²) < 4.78 is 0. The first-order chi connectivity index (χ1) is 9.96. The quantitative estimate of drug-likeness (QED) is 0.843. The largest absolute Gasteiger partial charge is 0.354 e. The van der Waals surface area contributed by atoms with Gasteiger partial charge in [0.15, 0.2) is 0 Å². The van der Waals surface area contributed by atoms with E-state index >= 15 is 0 Å². The van der Waals surface area contributed by atoms with Crippen LogP contribution >= 0.6 is 0 Å². The number of hydrogen-bond acceptors (Lipinski definition) is 3. The normalized spacial score (nSPS) is 17.7. The molecule has 0 saturated carbocycles. The molecule has 1 fully saturated rings. The van der Waals surface area contributed by atoms with Crippen molar-refractivity contribution in [1.82, 2.24) is 10.2 Å². The van der Waals surface area contributed by atoms with Crippen LogP contribution in [0.5, 0.6) is 0 Å². The maximum atomic E-state index is 12.0. The molecule has 4 nitrogen and oxygen atoms in total. The highest BCUT2D eigenvalue weighted by Crippen LogP contribution is 2.24. The Morgan fingerprint density at radius 3 is 2.48 bits per heavy atom. The fourth-order valence-electron chi connectivity index (χ4n) is 2.87. The number of nitrogens with two attached hydrogens (primary N) is 1. The molecule has 0 bridgehead atoms. The first-order valence-corrected chi connectivity index (χ1v) is 7.80. The summed E-state index contributed by atoms with van der Waals surface area (Å²) in [5, 5.41) is 3.05. The molecule has 0 radical (unpaired) electrons. The van der Waals surface area contributed by atoms with Crippen molar-refractivity contribution in [2.45, 2.75) is 44.7 Å². The number of amides is 1. The Hall–Kier alpha value is -1.39. The molecule has 1 aliphatic rings. The van der Waals surface area contributed by atoms with Crippen LogP contribution in [0.25, 0.3) is 0 Å². The Kier molecular flexibility index (Phi) is 5.37. The van der Waals surface area contributed by atoms with Gasteiger partial charge in [0.2, 0.25) is 5.91 Å². The predicted molar refractivity (Wildman–Crippen MR) is 85.9 cm³/mol. The highest BCUT2D eigenvalue weighted by molar-refractivity contribution is 5.77. The molecule has 0 aliphatic carbocycles. The summed E-state index contributed by atoms with van der Waals surface area (Å²) in [5.41, 5.74) is 6.72. The van der Waals surface area contributed by atoms with E-state index in [-0.39, 0.29) is 11.9 Å². The third-order valence-electron chi connectivity index (χ3n) is 3.87. The molecule has 1 heterocycles. The van der Waals surface area contributed by atoms with Gasteiger partial charge >= 0.3 is 0 Å². The molecule has 3 N–H and O–H groups in total. The average Bonchev–Trinajstić information content (AvgIpc) is 2.92. The van der Waals surface area contributed by atoms with Crippen LogP contribution in [0.3, 0.4) is 0 Å². The van der Waals surface area contributed by atoms with Crippen LogP contribution in [0.4, 0.5) is 0 Å². The highest BCUT2D eigenvalue weighted by atomic mass is 16.1. The zero-order chi connectivity index (χ0) is 15.3. The third kappa shape index (κ3) is 5.14. The maximum absolute atomic E-state index is 12.0. The average molecular weight is 289 g/mol. The molecule has 1 aromatic carbocycles. The monoisotopic (exact) mass is 289 g/mol. The number of hydrogen-bond donors (Lipinski definition) is 2. The molecule has 1 aromatic rings. The molecule has 0 spiro atoms. The van der Waals surface area contributed by atoms with Crippen LogP contribution in [0.1, 0.15) is 44.7 Å². The van der Waals surface area contributed by atoms with Gasteiger partial charge in [-0.1, -0.05) is 30.3 Å². The molecular formula is C17H27N3O. The van der Waals surface area contributed by atoms with Gasteiger partial charge in [0.05, 0.1) is 6.04 Å². The summed E-state index contributed by atoms with van der Waals surface area (Å²) in [5.74, 6) is 0.0302. The maximum Gasteiger partial charge on any atom is 0.221 e. The molecule has 0 aromatic heterocycles. The second kappa shape index (κ2) is 7.05. The number of nitrogens with zero attached hydrogens (tertiary/aromatic N) is 1. The Balaban J connectivity index is 1.98. The van der Waals surface area contributed by atoms with Crippen LogP contribution in [0, 0.1) is 0 Å². The van der Waals surface area contributed by atoms with Crippen molar-refractivity contribution in [3.8, 4) is 0 Å². The molecule has 1 atom stereocenters. The fourth-order valence-corrected chi connectivity index (χ4v) is 2.87. The molecule has 21 heavy (non-hydrogen) atoms. The summed E-state index contributed by atoms with van der Waals surface area (Å²) in [6.45, 7) is 6.62. The number of likely N-dealkylation sites (tertiary alicyclic amines) is 1. The van der Waals surface area contributed by atoms with Gasteiger partial charge in [-0.25, -0.2) is 0 Å². The van der Waals surface area contributed by atoms with Gasteiger partial charge in [-0.2, -0.15) is 0 Å². The second-order valence-electron chi connectivity index (χ2n) is 6.64. The minimum Gasteiger partial charge on any atom is -0.354 e. The van der Waals surface area contributed by atoms with Crippen molar-refractivity contribution in [2.24, 2.45) is 5.73 Å². The van der Waals surface area contributed by atoms with Crippen LogP contribution in [0.15, 0.2) is 30.3 Å². The van der Waals surface area contributed by atoms with Crippen molar-refractivity contribution in [2.75, 3.05) is 19.6 Å². The second-order valence-corrected chi connectivity index (χ2v) is 6.64. The van der Waals surface area contributed by atoms with Crippen molar-refractivity contribution in [3.05, 3.63) is 35.9 Å². The number of rotatable bonds is 6. The topological polar surface area (TPSA) is 58.4 Å². The molecule has 4 heteroatoms. The van der Waals surface area contributed by atoms with Gasteiger partial charge in [-0.05, 0) is 45.3 Å². The lowest BCUT2D eigenvalue weighted by Gasteiger charge is -2.28. The van der Waals surface area contributed by atoms with Crippen LogP contribution in [-0.2, 0) is 4.79 Å². The molecular weight excluding hydrogens is 262 g/mol. The summed E-state index contributed by atoms with van der Waals surface area (Å²) in [6.07, 6.45) is 2.84. The van der Waals surface area contributed by atoms with E-state index in [2.05, 4.69) is 34.5 Å².